The fourth-order valence-corrected chi connectivity index (χ4v) is 1.47. The molecule has 0 bridgehead atoms. The van der Waals surface area contributed by atoms with Crippen molar-refractivity contribution >= 4 is 23.2 Å². The van der Waals surface area contributed by atoms with Crippen LogP contribution in [0.25, 0.3) is 0 Å². The van der Waals surface area contributed by atoms with Crippen molar-refractivity contribution in [1.29, 1.82) is 0 Å². The lowest BCUT2D eigenvalue weighted by Crippen LogP contribution is -2.38. The maximum absolute atomic E-state index is 5.64. The van der Waals surface area contributed by atoms with Crippen molar-refractivity contribution < 1.29 is 4.74 Å². The molecule has 0 saturated carbocycles. The molecule has 4 heteroatoms. The number of rotatable bonds is 7. The number of hydrogen-bond acceptors (Lipinski definition) is 2. The van der Waals surface area contributed by atoms with Crippen molar-refractivity contribution in [2.45, 2.75) is 20.1 Å². The molecule has 2 nitrogen and oxygen atoms in total. The van der Waals surface area contributed by atoms with Gasteiger partial charge in [0.15, 0.2) is 0 Å². The average Bonchev–Trinajstić information content (AvgIpc) is 2.04. The number of alkyl halides is 2. The number of halogens is 2. The van der Waals surface area contributed by atoms with Gasteiger partial charge in [-0.25, -0.2) is 0 Å². The molecule has 0 rings (SSSR count). The van der Waals surface area contributed by atoms with E-state index in [0.717, 1.165) is 19.7 Å². The van der Waals surface area contributed by atoms with Crippen molar-refractivity contribution in [2.75, 3.05) is 31.5 Å². The Morgan fingerprint density at radius 2 is 1.75 bits per heavy atom. The van der Waals surface area contributed by atoms with E-state index in [0.29, 0.717) is 11.8 Å². The predicted octanol–water partition coefficient (Wildman–Crippen LogP) is 2.15. The summed E-state index contributed by atoms with van der Waals surface area (Å²) in [5.41, 5.74) is 0. The van der Waals surface area contributed by atoms with E-state index < -0.39 is 0 Å². The Morgan fingerprint density at radius 1 is 1.25 bits per heavy atom. The van der Waals surface area contributed by atoms with Crippen LogP contribution < -0.4 is 0 Å². The molecular formula is C8H17Cl2NO. The zero-order valence-corrected chi connectivity index (χ0v) is 9.24. The molecule has 12 heavy (non-hydrogen) atoms. The lowest BCUT2D eigenvalue weighted by atomic mass is 10.4. The van der Waals surface area contributed by atoms with Gasteiger partial charge in [0.1, 0.15) is 6.23 Å². The van der Waals surface area contributed by atoms with Gasteiger partial charge in [0, 0.05) is 31.5 Å². The van der Waals surface area contributed by atoms with Gasteiger partial charge in [0.2, 0.25) is 0 Å². The summed E-state index contributed by atoms with van der Waals surface area (Å²) in [4.78, 5) is 2.13. The quantitative estimate of drug-likeness (QED) is 0.475. The number of hydrogen-bond donors (Lipinski definition) is 0. The molecule has 0 saturated heterocycles. The second-order valence-corrected chi connectivity index (χ2v) is 3.22. The Labute approximate surface area is 84.8 Å². The van der Waals surface area contributed by atoms with Crippen LogP contribution in [0, 0.1) is 0 Å². The van der Waals surface area contributed by atoms with E-state index in [4.69, 9.17) is 27.9 Å². The minimum absolute atomic E-state index is 0.118. The summed E-state index contributed by atoms with van der Waals surface area (Å²) < 4.78 is 5.42. The lowest BCUT2D eigenvalue weighted by molar-refractivity contribution is -0.0362. The van der Waals surface area contributed by atoms with Crippen LogP contribution in [0.2, 0.25) is 0 Å². The first-order chi connectivity index (χ1) is 5.76. The Bertz CT molecular complexity index is 97.1. The molecule has 0 aromatic carbocycles. The van der Waals surface area contributed by atoms with Crippen LogP contribution in [0.15, 0.2) is 0 Å². The third-order valence-electron chi connectivity index (χ3n) is 1.67. The normalized spacial score (nSPS) is 13.8. The van der Waals surface area contributed by atoms with Gasteiger partial charge >= 0.3 is 0 Å². The van der Waals surface area contributed by atoms with Crippen molar-refractivity contribution in [3.63, 3.8) is 0 Å². The van der Waals surface area contributed by atoms with Crippen LogP contribution in [0.3, 0.4) is 0 Å². The molecule has 0 aliphatic heterocycles. The third-order valence-corrected chi connectivity index (χ3v) is 2.00. The summed E-state index contributed by atoms with van der Waals surface area (Å²) in [6.07, 6.45) is 0.118. The van der Waals surface area contributed by atoms with E-state index in [1.165, 1.54) is 0 Å². The van der Waals surface area contributed by atoms with Crippen LogP contribution in [0.4, 0.5) is 0 Å². The number of ether oxygens (including phenoxy) is 1. The van der Waals surface area contributed by atoms with Gasteiger partial charge in [-0.05, 0) is 13.8 Å². The highest BCUT2D eigenvalue weighted by Gasteiger charge is 2.11. The minimum atomic E-state index is 0.118. The van der Waals surface area contributed by atoms with Crippen LogP contribution in [0.5, 0.6) is 0 Å². The summed E-state index contributed by atoms with van der Waals surface area (Å²) in [7, 11) is 0. The zero-order valence-electron chi connectivity index (χ0n) is 7.72. The molecule has 0 spiro atoms. The van der Waals surface area contributed by atoms with Gasteiger partial charge in [0.25, 0.3) is 0 Å². The molecule has 0 aromatic heterocycles. The molecule has 0 N–H and O–H groups in total. The van der Waals surface area contributed by atoms with E-state index in [1.54, 1.807) is 0 Å². The zero-order chi connectivity index (χ0) is 9.40. The second-order valence-electron chi connectivity index (χ2n) is 2.47. The monoisotopic (exact) mass is 213 g/mol. The maximum atomic E-state index is 5.64. The molecule has 0 aromatic rings. The molecule has 74 valence electrons. The first-order valence-corrected chi connectivity index (χ1v) is 5.30. The predicted molar refractivity (Wildman–Crippen MR) is 54.1 cm³/mol. The Kier molecular flexibility index (Phi) is 8.45. The first-order valence-electron chi connectivity index (χ1n) is 4.23. The summed E-state index contributed by atoms with van der Waals surface area (Å²) in [6, 6.07) is 0. The molecule has 0 aliphatic rings. The summed E-state index contributed by atoms with van der Waals surface area (Å²) in [5.74, 6) is 1.24. The smallest absolute Gasteiger partial charge is 0.107 e. The van der Waals surface area contributed by atoms with E-state index in [2.05, 4.69) is 4.90 Å². The van der Waals surface area contributed by atoms with Gasteiger partial charge in [0.05, 0.1) is 0 Å². The van der Waals surface area contributed by atoms with Gasteiger partial charge in [-0.2, -0.15) is 0 Å². The fourth-order valence-electron chi connectivity index (χ4n) is 1.04. The van der Waals surface area contributed by atoms with Crippen molar-refractivity contribution in [2.24, 2.45) is 0 Å². The van der Waals surface area contributed by atoms with Crippen LogP contribution in [-0.2, 0) is 4.74 Å². The SMILES string of the molecule is CCOC(C)N(CCCl)CCCl. The van der Waals surface area contributed by atoms with E-state index >= 15 is 0 Å². The van der Waals surface area contributed by atoms with E-state index in [1.807, 2.05) is 13.8 Å². The van der Waals surface area contributed by atoms with Crippen LogP contribution >= 0.6 is 23.2 Å². The van der Waals surface area contributed by atoms with Crippen molar-refractivity contribution in [3.8, 4) is 0 Å². The highest BCUT2D eigenvalue weighted by molar-refractivity contribution is 6.18. The molecule has 1 atom stereocenters. The van der Waals surface area contributed by atoms with Gasteiger partial charge < -0.3 is 4.74 Å². The Balaban J connectivity index is 3.72. The van der Waals surface area contributed by atoms with Gasteiger partial charge in [-0.3, -0.25) is 4.90 Å². The van der Waals surface area contributed by atoms with Crippen LogP contribution in [-0.4, -0.2) is 42.6 Å². The van der Waals surface area contributed by atoms with Crippen molar-refractivity contribution in [3.05, 3.63) is 0 Å². The second kappa shape index (κ2) is 8.11. The van der Waals surface area contributed by atoms with E-state index in [9.17, 15) is 0 Å². The first kappa shape index (κ1) is 12.5. The molecule has 0 aliphatic carbocycles. The van der Waals surface area contributed by atoms with Gasteiger partial charge in [-0.1, -0.05) is 0 Å². The molecule has 0 amide bonds. The lowest BCUT2D eigenvalue weighted by Gasteiger charge is -2.26. The summed E-state index contributed by atoms with van der Waals surface area (Å²) in [5, 5.41) is 0. The standard InChI is InChI=1S/C8H17Cl2NO/c1-3-12-8(2)11(6-4-9)7-5-10/h8H,3-7H2,1-2H3. The maximum Gasteiger partial charge on any atom is 0.107 e. The Morgan fingerprint density at radius 3 is 2.08 bits per heavy atom. The van der Waals surface area contributed by atoms with Crippen LogP contribution in [0.1, 0.15) is 13.8 Å². The third kappa shape index (κ3) is 5.20. The van der Waals surface area contributed by atoms with Crippen molar-refractivity contribution in [1.82, 2.24) is 4.90 Å². The number of nitrogens with zero attached hydrogens (tertiary/aromatic N) is 1. The average molecular weight is 214 g/mol. The minimum Gasteiger partial charge on any atom is -0.364 e. The summed E-state index contributed by atoms with van der Waals surface area (Å²) >= 11 is 11.3. The Hall–Kier alpha value is 0.500. The molecule has 0 heterocycles. The largest absolute Gasteiger partial charge is 0.364 e. The highest BCUT2D eigenvalue weighted by atomic mass is 35.5. The highest BCUT2D eigenvalue weighted by Crippen LogP contribution is 2.01. The molecule has 0 radical (unpaired) electrons. The topological polar surface area (TPSA) is 12.5 Å². The van der Waals surface area contributed by atoms with Gasteiger partial charge in [-0.15, -0.1) is 23.2 Å². The summed E-state index contributed by atoms with van der Waals surface area (Å²) in [6.45, 7) is 6.38. The fraction of sp³-hybridized carbons (Fsp3) is 1.00. The molecule has 1 unspecified atom stereocenters. The van der Waals surface area contributed by atoms with E-state index in [-0.39, 0.29) is 6.23 Å². The molecular weight excluding hydrogens is 197 g/mol. The molecule has 0 fully saturated rings.